The number of carbonyl (C=O) groups is 1. The molecule has 1 aliphatic rings. The van der Waals surface area contributed by atoms with Gasteiger partial charge in [0.2, 0.25) is 0 Å². The molecule has 3 aromatic rings. The molecule has 0 bridgehead atoms. The molecule has 1 aromatic carbocycles. The van der Waals surface area contributed by atoms with Crippen LogP contribution in [0.3, 0.4) is 0 Å². The van der Waals surface area contributed by atoms with Crippen LogP contribution in [-0.2, 0) is 16.2 Å². The number of nitrogens with one attached hydrogen (secondary N) is 1. The monoisotopic (exact) mass is 533 g/mol. The first-order valence-corrected chi connectivity index (χ1v) is 12.9. The van der Waals surface area contributed by atoms with Crippen LogP contribution in [-0.4, -0.2) is 36.4 Å². The molecule has 0 aliphatic carbocycles. The standard InChI is InChI=1S/C25H26F3N5O3S/c1-15-13-24(2,3)33(14-15)22-18(23(34)32-37(35,36)20-8-5-11-30-21(20)29)9-10-19(31-22)16-6-4-7-17(12-16)25(26,27)28/h4-12,15H,13-14H2,1-3H3,(H2,29,30)(H,32,34)/t15-/m0/s1. The van der Waals surface area contributed by atoms with Crippen LogP contribution in [0.15, 0.2) is 59.6 Å². The first kappa shape index (κ1) is 26.4. The van der Waals surface area contributed by atoms with Crippen molar-refractivity contribution in [3.63, 3.8) is 0 Å². The van der Waals surface area contributed by atoms with Crippen LogP contribution in [0.5, 0.6) is 0 Å². The number of amides is 1. The number of anilines is 2. The Morgan fingerprint density at radius 3 is 2.51 bits per heavy atom. The molecule has 0 radical (unpaired) electrons. The molecule has 0 spiro atoms. The largest absolute Gasteiger partial charge is 0.416 e. The fourth-order valence-corrected chi connectivity index (χ4v) is 5.72. The van der Waals surface area contributed by atoms with Gasteiger partial charge in [-0.3, -0.25) is 4.79 Å². The number of nitrogen functional groups attached to an aromatic ring is 1. The number of benzene rings is 1. The third kappa shape index (κ3) is 5.38. The summed E-state index contributed by atoms with van der Waals surface area (Å²) in [4.78, 5) is 23.1. The Hall–Kier alpha value is -3.67. The molecular formula is C25H26F3N5O3S. The van der Waals surface area contributed by atoms with E-state index >= 15 is 0 Å². The lowest BCUT2D eigenvalue weighted by Crippen LogP contribution is -2.41. The van der Waals surface area contributed by atoms with Crippen LogP contribution >= 0.6 is 0 Å². The fourth-order valence-electron chi connectivity index (χ4n) is 4.67. The number of hydrogen-bond acceptors (Lipinski definition) is 7. The molecule has 1 atom stereocenters. The van der Waals surface area contributed by atoms with Crippen molar-refractivity contribution in [3.8, 4) is 11.3 Å². The highest BCUT2D eigenvalue weighted by Gasteiger charge is 2.39. The van der Waals surface area contributed by atoms with Crippen molar-refractivity contribution >= 4 is 27.6 Å². The van der Waals surface area contributed by atoms with Gasteiger partial charge in [-0.25, -0.2) is 23.1 Å². The molecular weight excluding hydrogens is 507 g/mol. The van der Waals surface area contributed by atoms with Gasteiger partial charge in [0.05, 0.1) is 16.8 Å². The average Bonchev–Trinajstić information content (AvgIpc) is 3.09. The molecule has 1 saturated heterocycles. The lowest BCUT2D eigenvalue weighted by molar-refractivity contribution is -0.137. The molecule has 37 heavy (non-hydrogen) atoms. The predicted octanol–water partition coefficient (Wildman–Crippen LogP) is 4.49. The molecule has 3 heterocycles. The number of nitrogens with zero attached hydrogens (tertiary/aromatic N) is 3. The van der Waals surface area contributed by atoms with Gasteiger partial charge in [0.1, 0.15) is 16.5 Å². The summed E-state index contributed by atoms with van der Waals surface area (Å²) in [5, 5.41) is 0. The number of alkyl halides is 3. The van der Waals surface area contributed by atoms with Crippen molar-refractivity contribution in [2.45, 2.75) is 43.8 Å². The molecule has 0 unspecified atom stereocenters. The Morgan fingerprint density at radius 2 is 1.89 bits per heavy atom. The van der Waals surface area contributed by atoms with E-state index in [1.165, 1.54) is 42.6 Å². The Balaban J connectivity index is 1.80. The second-order valence-corrected chi connectivity index (χ2v) is 11.4. The number of carbonyl (C=O) groups excluding carboxylic acids is 1. The molecule has 0 saturated carbocycles. The summed E-state index contributed by atoms with van der Waals surface area (Å²) >= 11 is 0. The van der Waals surface area contributed by atoms with Gasteiger partial charge in [-0.15, -0.1) is 0 Å². The zero-order chi connectivity index (χ0) is 27.2. The number of hydrogen-bond donors (Lipinski definition) is 2. The van der Waals surface area contributed by atoms with E-state index < -0.39 is 33.2 Å². The minimum absolute atomic E-state index is 0.0380. The first-order chi connectivity index (χ1) is 17.2. The lowest BCUT2D eigenvalue weighted by Gasteiger charge is -2.34. The second kappa shape index (κ2) is 9.33. The summed E-state index contributed by atoms with van der Waals surface area (Å²) in [6.07, 6.45) is -2.44. The number of sulfonamides is 1. The van der Waals surface area contributed by atoms with E-state index in [9.17, 15) is 26.4 Å². The van der Waals surface area contributed by atoms with Crippen LogP contribution in [0.2, 0.25) is 0 Å². The van der Waals surface area contributed by atoms with Crippen molar-refractivity contribution in [2.75, 3.05) is 17.2 Å². The molecule has 2 aromatic heterocycles. The van der Waals surface area contributed by atoms with Crippen LogP contribution in [0.25, 0.3) is 11.3 Å². The maximum atomic E-state index is 13.3. The third-order valence-corrected chi connectivity index (χ3v) is 7.63. The number of halogens is 3. The van der Waals surface area contributed by atoms with E-state index in [1.807, 2.05) is 30.4 Å². The van der Waals surface area contributed by atoms with E-state index in [0.29, 0.717) is 6.54 Å². The molecule has 1 fully saturated rings. The minimum Gasteiger partial charge on any atom is -0.383 e. The Bertz CT molecular complexity index is 1460. The highest BCUT2D eigenvalue weighted by atomic mass is 32.2. The summed E-state index contributed by atoms with van der Waals surface area (Å²) in [5.41, 5.74) is 4.80. The van der Waals surface area contributed by atoms with Gasteiger partial charge in [-0.1, -0.05) is 19.1 Å². The van der Waals surface area contributed by atoms with Crippen LogP contribution in [0.1, 0.15) is 43.1 Å². The van der Waals surface area contributed by atoms with Crippen LogP contribution in [0.4, 0.5) is 24.8 Å². The minimum atomic E-state index is -4.53. The van der Waals surface area contributed by atoms with Gasteiger partial charge >= 0.3 is 6.18 Å². The van der Waals surface area contributed by atoms with Crippen LogP contribution < -0.4 is 15.4 Å². The van der Waals surface area contributed by atoms with Gasteiger partial charge in [0, 0.05) is 23.8 Å². The summed E-state index contributed by atoms with van der Waals surface area (Å²) in [7, 11) is -4.36. The third-order valence-electron chi connectivity index (χ3n) is 6.25. The fraction of sp³-hybridized carbons (Fsp3) is 0.320. The molecule has 12 heteroatoms. The van der Waals surface area contributed by atoms with Gasteiger partial charge in [0.15, 0.2) is 0 Å². The molecule has 1 amide bonds. The van der Waals surface area contributed by atoms with E-state index in [2.05, 4.69) is 9.97 Å². The predicted molar refractivity (Wildman–Crippen MR) is 133 cm³/mol. The van der Waals surface area contributed by atoms with E-state index in [4.69, 9.17) is 5.73 Å². The van der Waals surface area contributed by atoms with Crippen molar-refractivity contribution in [1.82, 2.24) is 14.7 Å². The molecule has 196 valence electrons. The number of aromatic nitrogens is 2. The van der Waals surface area contributed by atoms with Crippen LogP contribution in [0, 0.1) is 5.92 Å². The number of pyridine rings is 2. The van der Waals surface area contributed by atoms with Gasteiger partial charge in [0.25, 0.3) is 15.9 Å². The number of rotatable bonds is 5. The van der Waals surface area contributed by atoms with Crippen molar-refractivity contribution in [2.24, 2.45) is 5.92 Å². The van der Waals surface area contributed by atoms with E-state index in [1.54, 1.807) is 0 Å². The summed E-state index contributed by atoms with van der Waals surface area (Å²) in [5.74, 6) is -0.799. The zero-order valence-electron chi connectivity index (χ0n) is 20.4. The molecule has 3 N–H and O–H groups in total. The first-order valence-electron chi connectivity index (χ1n) is 11.4. The Kier molecular flexibility index (Phi) is 6.65. The summed E-state index contributed by atoms with van der Waals surface area (Å²) < 4.78 is 67.7. The van der Waals surface area contributed by atoms with Crippen molar-refractivity contribution in [1.29, 1.82) is 0 Å². The van der Waals surface area contributed by atoms with Gasteiger partial charge in [-0.2, -0.15) is 13.2 Å². The topological polar surface area (TPSA) is 118 Å². The maximum absolute atomic E-state index is 13.3. The zero-order valence-corrected chi connectivity index (χ0v) is 21.2. The van der Waals surface area contributed by atoms with Gasteiger partial charge < -0.3 is 10.6 Å². The molecule has 4 rings (SSSR count). The summed E-state index contributed by atoms with van der Waals surface area (Å²) in [6, 6.07) is 10.1. The summed E-state index contributed by atoms with van der Waals surface area (Å²) in [6.45, 7) is 6.48. The van der Waals surface area contributed by atoms with Crippen molar-refractivity contribution < 1.29 is 26.4 Å². The smallest absolute Gasteiger partial charge is 0.383 e. The molecule has 8 nitrogen and oxygen atoms in total. The van der Waals surface area contributed by atoms with Gasteiger partial charge in [-0.05, 0) is 62.6 Å². The normalized spacial score (nSPS) is 17.6. The van der Waals surface area contributed by atoms with E-state index in [0.717, 1.165) is 18.6 Å². The SMILES string of the molecule is C[C@@H]1CN(c2nc(-c3cccc(C(F)(F)F)c3)ccc2C(=O)NS(=O)(=O)c2cccnc2N)C(C)(C)C1. The lowest BCUT2D eigenvalue weighted by atomic mass is 9.97. The maximum Gasteiger partial charge on any atom is 0.416 e. The quantitative estimate of drug-likeness (QED) is 0.496. The van der Waals surface area contributed by atoms with Crippen molar-refractivity contribution in [3.05, 3.63) is 65.9 Å². The highest BCUT2D eigenvalue weighted by Crippen LogP contribution is 2.39. The molecule has 1 aliphatic heterocycles. The number of nitrogens with two attached hydrogens (primary N) is 1. The average molecular weight is 534 g/mol. The highest BCUT2D eigenvalue weighted by molar-refractivity contribution is 7.90. The Morgan fingerprint density at radius 1 is 1.16 bits per heavy atom. The van der Waals surface area contributed by atoms with E-state index in [-0.39, 0.29) is 39.3 Å². The Labute approximate surface area is 212 Å². The second-order valence-electron chi connectivity index (χ2n) is 9.70.